The van der Waals surface area contributed by atoms with Crippen LogP contribution in [0.1, 0.15) is 46.4 Å². The molecule has 2 aromatic carbocycles. The first-order chi connectivity index (χ1) is 12.6. The number of nitrogens with one attached hydrogen (secondary N) is 2. The molecule has 0 radical (unpaired) electrons. The second-order valence-electron chi connectivity index (χ2n) is 6.40. The molecule has 0 unspecified atom stereocenters. The summed E-state index contributed by atoms with van der Waals surface area (Å²) in [5.74, 6) is -0.147. The van der Waals surface area contributed by atoms with Gasteiger partial charge in [0, 0.05) is 19.2 Å². The molecule has 3 rings (SSSR count). The largest absolute Gasteiger partial charge is 0.347 e. The van der Waals surface area contributed by atoms with Crippen molar-refractivity contribution in [1.82, 2.24) is 10.6 Å². The van der Waals surface area contributed by atoms with E-state index in [1.165, 1.54) is 0 Å². The first-order valence-electron chi connectivity index (χ1n) is 8.67. The summed E-state index contributed by atoms with van der Waals surface area (Å²) in [5, 5.41) is 6.27. The second-order valence-corrected chi connectivity index (χ2v) is 8.73. The maximum Gasteiger partial charge on any atom is 0.252 e. The number of halogens is 2. The summed E-state index contributed by atoms with van der Waals surface area (Å²) in [4.78, 5) is 25.3. The van der Waals surface area contributed by atoms with E-state index < -0.39 is 0 Å². The fourth-order valence-corrected chi connectivity index (χ4v) is 4.52. The Morgan fingerprint density at radius 2 is 1.12 bits per heavy atom. The van der Waals surface area contributed by atoms with Gasteiger partial charge in [-0.2, -0.15) is 0 Å². The van der Waals surface area contributed by atoms with Gasteiger partial charge in [-0.15, -0.1) is 0 Å². The molecular weight excluding hydrogens is 554 g/mol. The number of amides is 2. The van der Waals surface area contributed by atoms with Crippen LogP contribution in [0.4, 0.5) is 0 Å². The van der Waals surface area contributed by atoms with Crippen LogP contribution in [0.25, 0.3) is 0 Å². The van der Waals surface area contributed by atoms with E-state index in [2.05, 4.69) is 55.8 Å². The van der Waals surface area contributed by atoms with Gasteiger partial charge in [-0.3, -0.25) is 9.59 Å². The SMILES string of the molecule is O=C(N[C@H]1CCCC[C@@H]1NC(=O)c1ccccc1I)c1ccccc1I. The van der Waals surface area contributed by atoms with E-state index in [0.717, 1.165) is 32.8 Å². The molecule has 2 amide bonds. The lowest BCUT2D eigenvalue weighted by Crippen LogP contribution is -2.53. The fraction of sp³-hybridized carbons (Fsp3) is 0.300. The Labute approximate surface area is 180 Å². The summed E-state index contributed by atoms with van der Waals surface area (Å²) in [7, 11) is 0. The van der Waals surface area contributed by atoms with Gasteiger partial charge in [0.25, 0.3) is 11.8 Å². The predicted octanol–water partition coefficient (Wildman–Crippen LogP) is 4.37. The van der Waals surface area contributed by atoms with Crippen molar-refractivity contribution in [2.45, 2.75) is 37.8 Å². The maximum atomic E-state index is 12.7. The molecule has 136 valence electrons. The number of hydrogen-bond donors (Lipinski definition) is 2. The summed E-state index contributed by atoms with van der Waals surface area (Å²) in [6.45, 7) is 0. The van der Waals surface area contributed by atoms with Crippen LogP contribution in [0, 0.1) is 7.14 Å². The number of carbonyl (C=O) groups is 2. The van der Waals surface area contributed by atoms with Crippen LogP contribution in [-0.2, 0) is 0 Å². The minimum Gasteiger partial charge on any atom is -0.347 e. The Morgan fingerprint density at radius 3 is 1.50 bits per heavy atom. The van der Waals surface area contributed by atoms with Crippen LogP contribution in [0.3, 0.4) is 0 Å². The van der Waals surface area contributed by atoms with E-state index in [1.807, 2.05) is 48.5 Å². The van der Waals surface area contributed by atoms with Gasteiger partial charge in [0.1, 0.15) is 0 Å². The lowest BCUT2D eigenvalue weighted by atomic mass is 9.89. The molecule has 1 saturated carbocycles. The van der Waals surface area contributed by atoms with Crippen LogP contribution in [0.5, 0.6) is 0 Å². The van der Waals surface area contributed by atoms with E-state index in [0.29, 0.717) is 11.1 Å². The molecule has 1 fully saturated rings. The van der Waals surface area contributed by atoms with Crippen LogP contribution in [0.15, 0.2) is 48.5 Å². The molecule has 1 aliphatic carbocycles. The fourth-order valence-electron chi connectivity index (χ4n) is 3.26. The molecule has 0 saturated heterocycles. The zero-order chi connectivity index (χ0) is 18.5. The summed E-state index contributed by atoms with van der Waals surface area (Å²) in [6, 6.07) is 15.0. The highest BCUT2D eigenvalue weighted by Gasteiger charge is 2.29. The molecule has 0 bridgehead atoms. The highest BCUT2D eigenvalue weighted by Crippen LogP contribution is 2.21. The third-order valence-electron chi connectivity index (χ3n) is 4.64. The quantitative estimate of drug-likeness (QED) is 0.534. The number of hydrogen-bond acceptors (Lipinski definition) is 2. The van der Waals surface area contributed by atoms with E-state index in [4.69, 9.17) is 0 Å². The standard InChI is InChI=1S/C20H20I2N2O2/c21-15-9-3-1-7-13(15)19(25)23-17-11-5-6-12-18(17)24-20(26)14-8-2-4-10-16(14)22/h1-4,7-10,17-18H,5-6,11-12H2,(H,23,25)(H,24,26)/t17-,18-/m0/s1. The average molecular weight is 574 g/mol. The van der Waals surface area contributed by atoms with Crippen LogP contribution >= 0.6 is 45.2 Å². The molecule has 0 aromatic heterocycles. The average Bonchev–Trinajstić information content (AvgIpc) is 2.64. The van der Waals surface area contributed by atoms with Gasteiger partial charge in [-0.25, -0.2) is 0 Å². The number of rotatable bonds is 4. The van der Waals surface area contributed by atoms with Crippen molar-refractivity contribution in [1.29, 1.82) is 0 Å². The van der Waals surface area contributed by atoms with E-state index in [9.17, 15) is 9.59 Å². The van der Waals surface area contributed by atoms with Crippen molar-refractivity contribution < 1.29 is 9.59 Å². The van der Waals surface area contributed by atoms with E-state index in [-0.39, 0.29) is 23.9 Å². The lowest BCUT2D eigenvalue weighted by molar-refractivity contribution is 0.0862. The highest BCUT2D eigenvalue weighted by atomic mass is 127. The zero-order valence-electron chi connectivity index (χ0n) is 14.2. The Hall–Kier alpha value is -1.16. The summed E-state index contributed by atoms with van der Waals surface area (Å²) in [5.41, 5.74) is 1.36. The molecule has 26 heavy (non-hydrogen) atoms. The Morgan fingerprint density at radius 1 is 0.731 bits per heavy atom. The van der Waals surface area contributed by atoms with Crippen molar-refractivity contribution in [3.8, 4) is 0 Å². The van der Waals surface area contributed by atoms with Gasteiger partial charge in [0.05, 0.1) is 11.1 Å². The highest BCUT2D eigenvalue weighted by molar-refractivity contribution is 14.1. The summed E-state index contributed by atoms with van der Waals surface area (Å²) in [6.07, 6.45) is 3.89. The molecule has 1 aliphatic rings. The molecule has 0 aliphatic heterocycles. The predicted molar refractivity (Wildman–Crippen MR) is 119 cm³/mol. The van der Waals surface area contributed by atoms with Gasteiger partial charge in [0.2, 0.25) is 0 Å². The second kappa shape index (κ2) is 9.16. The van der Waals surface area contributed by atoms with Gasteiger partial charge < -0.3 is 10.6 Å². The van der Waals surface area contributed by atoms with Crippen molar-refractivity contribution in [2.75, 3.05) is 0 Å². The summed E-state index contributed by atoms with van der Waals surface area (Å²) >= 11 is 4.35. The van der Waals surface area contributed by atoms with Gasteiger partial charge in [-0.1, -0.05) is 37.1 Å². The Bertz CT molecular complexity index is 742. The van der Waals surface area contributed by atoms with Crippen molar-refractivity contribution in [2.24, 2.45) is 0 Å². The third-order valence-corrected chi connectivity index (χ3v) is 6.52. The van der Waals surface area contributed by atoms with E-state index in [1.54, 1.807) is 0 Å². The Kier molecular flexibility index (Phi) is 6.91. The molecule has 2 N–H and O–H groups in total. The molecule has 2 atom stereocenters. The van der Waals surface area contributed by atoms with Gasteiger partial charge in [0.15, 0.2) is 0 Å². The third kappa shape index (κ3) is 4.76. The minimum absolute atomic E-state index is 0.0439. The number of benzene rings is 2. The Balaban J connectivity index is 1.70. The summed E-state index contributed by atoms with van der Waals surface area (Å²) < 4.78 is 1.86. The van der Waals surface area contributed by atoms with Gasteiger partial charge >= 0.3 is 0 Å². The van der Waals surface area contributed by atoms with Gasteiger partial charge in [-0.05, 0) is 82.3 Å². The monoisotopic (exact) mass is 574 g/mol. The first-order valence-corrected chi connectivity index (χ1v) is 10.8. The topological polar surface area (TPSA) is 58.2 Å². The molecule has 0 spiro atoms. The maximum absolute atomic E-state index is 12.7. The van der Waals surface area contributed by atoms with E-state index >= 15 is 0 Å². The smallest absolute Gasteiger partial charge is 0.252 e. The van der Waals surface area contributed by atoms with Crippen LogP contribution in [0.2, 0.25) is 0 Å². The zero-order valence-corrected chi connectivity index (χ0v) is 18.5. The van der Waals surface area contributed by atoms with Crippen molar-refractivity contribution >= 4 is 57.0 Å². The first kappa shape index (κ1) is 19.6. The minimum atomic E-state index is -0.0737. The van der Waals surface area contributed by atoms with Crippen LogP contribution < -0.4 is 10.6 Å². The van der Waals surface area contributed by atoms with Crippen molar-refractivity contribution in [3.63, 3.8) is 0 Å². The molecule has 2 aromatic rings. The molecule has 6 heteroatoms. The normalized spacial score (nSPS) is 19.6. The van der Waals surface area contributed by atoms with Crippen LogP contribution in [-0.4, -0.2) is 23.9 Å². The molecule has 4 nitrogen and oxygen atoms in total. The molecular formula is C20H20I2N2O2. The lowest BCUT2D eigenvalue weighted by Gasteiger charge is -2.33. The van der Waals surface area contributed by atoms with Crippen molar-refractivity contribution in [3.05, 3.63) is 66.8 Å². The molecule has 0 heterocycles. The number of carbonyl (C=O) groups excluding carboxylic acids is 2.